The fourth-order valence-electron chi connectivity index (χ4n) is 3.97. The normalized spacial score (nSPS) is 24.0. The van der Waals surface area contributed by atoms with E-state index >= 15 is 0 Å². The number of nitrogens with zero attached hydrogens (tertiary/aromatic N) is 3. The fraction of sp³-hybridized carbons (Fsp3) is 0.579. The maximum Gasteiger partial charge on any atom is 0.242 e. The minimum Gasteiger partial charge on any atom is -0.396 e. The molecule has 1 aromatic carbocycles. The van der Waals surface area contributed by atoms with Crippen LogP contribution in [0.15, 0.2) is 24.3 Å². The molecule has 25 heavy (non-hydrogen) atoms. The molecule has 1 amide bonds. The quantitative estimate of drug-likeness (QED) is 0.865. The highest BCUT2D eigenvalue weighted by Crippen LogP contribution is 2.34. The number of aliphatic hydroxyl groups excluding tert-OH is 2. The van der Waals surface area contributed by atoms with Gasteiger partial charge in [0.05, 0.1) is 23.7 Å². The molecule has 1 aliphatic rings. The lowest BCUT2D eigenvalue weighted by Gasteiger charge is -2.45. The molecule has 2 atom stereocenters. The Balaban J connectivity index is 1.80. The third-order valence-electron chi connectivity index (χ3n) is 5.44. The number of hydrogen-bond acceptors (Lipinski definition) is 4. The van der Waals surface area contributed by atoms with Crippen molar-refractivity contribution in [2.45, 2.75) is 45.8 Å². The van der Waals surface area contributed by atoms with Crippen LogP contribution in [0.3, 0.4) is 0 Å². The van der Waals surface area contributed by atoms with E-state index in [1.165, 1.54) is 0 Å². The van der Waals surface area contributed by atoms with Crippen LogP contribution in [0.1, 0.15) is 32.0 Å². The van der Waals surface area contributed by atoms with Gasteiger partial charge >= 0.3 is 0 Å². The Hall–Kier alpha value is -1.92. The molecule has 1 saturated heterocycles. The first-order valence-electron chi connectivity index (χ1n) is 8.99. The molecule has 0 unspecified atom stereocenters. The predicted octanol–water partition coefficient (Wildman–Crippen LogP) is 1.72. The number of imidazole rings is 1. The van der Waals surface area contributed by atoms with E-state index in [0.717, 1.165) is 23.3 Å². The van der Waals surface area contributed by atoms with Gasteiger partial charge in [-0.1, -0.05) is 25.5 Å². The molecule has 0 saturated carbocycles. The third-order valence-corrected chi connectivity index (χ3v) is 5.44. The van der Waals surface area contributed by atoms with Crippen molar-refractivity contribution < 1.29 is 15.0 Å². The number of carbonyl (C=O) groups excluding carboxylic acids is 1. The molecule has 6 heteroatoms. The van der Waals surface area contributed by atoms with E-state index in [1.54, 1.807) is 4.90 Å². The molecule has 136 valence electrons. The molecule has 6 nitrogen and oxygen atoms in total. The Morgan fingerprint density at radius 2 is 2.16 bits per heavy atom. The Kier molecular flexibility index (Phi) is 5.11. The first kappa shape index (κ1) is 17.9. The van der Waals surface area contributed by atoms with Crippen LogP contribution in [0, 0.1) is 12.3 Å². The lowest BCUT2D eigenvalue weighted by atomic mass is 9.74. The summed E-state index contributed by atoms with van der Waals surface area (Å²) in [5.41, 5.74) is 1.24. The molecule has 0 spiro atoms. The fourth-order valence-corrected chi connectivity index (χ4v) is 3.97. The van der Waals surface area contributed by atoms with Crippen molar-refractivity contribution in [1.82, 2.24) is 14.5 Å². The highest BCUT2D eigenvalue weighted by Gasteiger charge is 2.42. The van der Waals surface area contributed by atoms with E-state index in [0.29, 0.717) is 25.9 Å². The number of aryl methyl sites for hydroxylation is 1. The van der Waals surface area contributed by atoms with Gasteiger partial charge in [-0.05, 0) is 31.9 Å². The Morgan fingerprint density at radius 1 is 1.40 bits per heavy atom. The van der Waals surface area contributed by atoms with Gasteiger partial charge in [0, 0.05) is 18.5 Å². The van der Waals surface area contributed by atoms with Crippen LogP contribution in [0.25, 0.3) is 11.0 Å². The average Bonchev–Trinajstić information content (AvgIpc) is 2.92. The summed E-state index contributed by atoms with van der Waals surface area (Å²) in [6.07, 6.45) is 1.53. The van der Waals surface area contributed by atoms with Gasteiger partial charge in [-0.3, -0.25) is 4.79 Å². The van der Waals surface area contributed by atoms with E-state index in [-0.39, 0.29) is 19.1 Å². The van der Waals surface area contributed by atoms with Crippen molar-refractivity contribution >= 4 is 16.9 Å². The smallest absolute Gasteiger partial charge is 0.242 e. The van der Waals surface area contributed by atoms with E-state index in [4.69, 9.17) is 0 Å². The van der Waals surface area contributed by atoms with Crippen LogP contribution in [0.2, 0.25) is 0 Å². The molecule has 2 N–H and O–H groups in total. The van der Waals surface area contributed by atoms with Crippen LogP contribution in [0.4, 0.5) is 0 Å². The Labute approximate surface area is 148 Å². The second kappa shape index (κ2) is 7.14. The summed E-state index contributed by atoms with van der Waals surface area (Å²) >= 11 is 0. The van der Waals surface area contributed by atoms with Crippen molar-refractivity contribution in [1.29, 1.82) is 0 Å². The molecule has 2 aromatic rings. The molecular weight excluding hydrogens is 318 g/mol. The summed E-state index contributed by atoms with van der Waals surface area (Å²) in [6.45, 7) is 5.00. The number of benzene rings is 1. The first-order chi connectivity index (χ1) is 12.0. The molecule has 2 heterocycles. The summed E-state index contributed by atoms with van der Waals surface area (Å²) in [6, 6.07) is 7.79. The van der Waals surface area contributed by atoms with Gasteiger partial charge in [-0.15, -0.1) is 0 Å². The topological polar surface area (TPSA) is 78.6 Å². The minimum absolute atomic E-state index is 0.00656. The Morgan fingerprint density at radius 3 is 2.88 bits per heavy atom. The third kappa shape index (κ3) is 3.28. The first-order valence-corrected chi connectivity index (χ1v) is 8.99. The van der Waals surface area contributed by atoms with Crippen molar-refractivity contribution in [3.8, 4) is 0 Å². The summed E-state index contributed by atoms with van der Waals surface area (Å²) < 4.78 is 1.93. The zero-order valence-corrected chi connectivity index (χ0v) is 15.0. The molecule has 3 rings (SSSR count). The van der Waals surface area contributed by atoms with Gasteiger partial charge in [0.1, 0.15) is 12.4 Å². The van der Waals surface area contributed by atoms with Crippen LogP contribution in [-0.4, -0.2) is 56.4 Å². The summed E-state index contributed by atoms with van der Waals surface area (Å²) in [7, 11) is 0. The molecule has 0 aliphatic carbocycles. The number of amides is 1. The number of fused-ring (bicyclic) bond motifs is 1. The van der Waals surface area contributed by atoms with Crippen molar-refractivity contribution in [3.63, 3.8) is 0 Å². The van der Waals surface area contributed by atoms with Gasteiger partial charge in [-0.25, -0.2) is 4.98 Å². The Bertz CT molecular complexity index is 757. The van der Waals surface area contributed by atoms with Crippen molar-refractivity contribution in [3.05, 3.63) is 30.1 Å². The summed E-state index contributed by atoms with van der Waals surface area (Å²) in [4.78, 5) is 19.2. The number of piperidine rings is 1. The van der Waals surface area contributed by atoms with Gasteiger partial charge < -0.3 is 19.7 Å². The highest BCUT2D eigenvalue weighted by atomic mass is 16.3. The van der Waals surface area contributed by atoms with E-state index < -0.39 is 11.5 Å². The average molecular weight is 345 g/mol. The van der Waals surface area contributed by atoms with Gasteiger partial charge in [-0.2, -0.15) is 0 Å². The number of aliphatic hydroxyl groups is 2. The van der Waals surface area contributed by atoms with Crippen LogP contribution >= 0.6 is 0 Å². The van der Waals surface area contributed by atoms with Crippen LogP contribution in [-0.2, 0) is 11.3 Å². The second-order valence-corrected chi connectivity index (χ2v) is 7.12. The number of hydrogen-bond donors (Lipinski definition) is 2. The van der Waals surface area contributed by atoms with E-state index in [9.17, 15) is 15.0 Å². The number of para-hydroxylation sites is 2. The second-order valence-electron chi connectivity index (χ2n) is 7.12. The SMILES string of the molecule is CCC[C@@]1(CO)CN(C(=O)Cn2c(C)nc3ccccc32)CC[C@@H]1O. The highest BCUT2D eigenvalue weighted by molar-refractivity contribution is 5.81. The van der Waals surface area contributed by atoms with Gasteiger partial charge in [0.2, 0.25) is 5.91 Å². The maximum atomic E-state index is 12.9. The summed E-state index contributed by atoms with van der Waals surface area (Å²) in [5.74, 6) is 0.820. The molecule has 0 radical (unpaired) electrons. The molecule has 1 aliphatic heterocycles. The lowest BCUT2D eigenvalue weighted by molar-refractivity contribution is -0.143. The maximum absolute atomic E-state index is 12.9. The number of carbonyl (C=O) groups is 1. The summed E-state index contributed by atoms with van der Waals surface area (Å²) in [5, 5.41) is 20.3. The van der Waals surface area contributed by atoms with E-state index in [1.807, 2.05) is 42.7 Å². The zero-order valence-electron chi connectivity index (χ0n) is 15.0. The molecule has 1 aromatic heterocycles. The van der Waals surface area contributed by atoms with E-state index in [2.05, 4.69) is 4.98 Å². The number of likely N-dealkylation sites (tertiary alicyclic amines) is 1. The van der Waals surface area contributed by atoms with Gasteiger partial charge in [0.25, 0.3) is 0 Å². The van der Waals surface area contributed by atoms with Gasteiger partial charge in [0.15, 0.2) is 0 Å². The predicted molar refractivity (Wildman–Crippen MR) is 96.1 cm³/mol. The zero-order chi connectivity index (χ0) is 18.0. The largest absolute Gasteiger partial charge is 0.396 e. The van der Waals surface area contributed by atoms with Crippen LogP contribution < -0.4 is 0 Å². The van der Waals surface area contributed by atoms with Crippen molar-refractivity contribution in [2.75, 3.05) is 19.7 Å². The number of rotatable bonds is 5. The van der Waals surface area contributed by atoms with Crippen LogP contribution in [0.5, 0.6) is 0 Å². The molecular formula is C19H27N3O3. The molecule has 0 bridgehead atoms. The number of aromatic nitrogens is 2. The molecule has 1 fully saturated rings. The monoisotopic (exact) mass is 345 g/mol. The lowest BCUT2D eigenvalue weighted by Crippen LogP contribution is -2.55. The van der Waals surface area contributed by atoms with Crippen molar-refractivity contribution in [2.24, 2.45) is 5.41 Å². The standard InChI is InChI=1S/C19H27N3O3/c1-3-9-19(13-23)12-21(10-8-17(19)24)18(25)11-22-14(2)20-15-6-4-5-7-16(15)22/h4-7,17,23-24H,3,8-13H2,1-2H3/t17-,19-/m0/s1. The minimum atomic E-state index is -0.602.